The first kappa shape index (κ1) is 26.5. The van der Waals surface area contributed by atoms with Crippen LogP contribution in [-0.2, 0) is 21.1 Å². The molecule has 2 amide bonds. The Morgan fingerprint density at radius 3 is 2.19 bits per heavy atom. The van der Waals surface area contributed by atoms with E-state index in [1.54, 1.807) is 17.0 Å². The molecule has 1 saturated carbocycles. The molecule has 3 aromatic rings. The van der Waals surface area contributed by atoms with Crippen molar-refractivity contribution < 1.29 is 22.4 Å². The van der Waals surface area contributed by atoms with Gasteiger partial charge in [0.2, 0.25) is 5.91 Å². The van der Waals surface area contributed by atoms with Crippen molar-refractivity contribution in [3.8, 4) is 0 Å². The molecule has 0 saturated heterocycles. The Bertz CT molecular complexity index is 1390. The van der Waals surface area contributed by atoms with E-state index < -0.39 is 27.1 Å². The Labute approximate surface area is 217 Å². The van der Waals surface area contributed by atoms with Crippen LogP contribution in [0.5, 0.6) is 0 Å². The summed E-state index contributed by atoms with van der Waals surface area (Å²) in [4.78, 5) is 27.7. The first-order valence-electron chi connectivity index (χ1n) is 12.2. The first-order chi connectivity index (χ1) is 17.4. The molecule has 8 heteroatoms. The van der Waals surface area contributed by atoms with Gasteiger partial charge in [0.05, 0.1) is 22.8 Å². The van der Waals surface area contributed by atoms with Crippen LogP contribution < -0.4 is 10.2 Å². The van der Waals surface area contributed by atoms with E-state index in [9.17, 15) is 22.4 Å². The van der Waals surface area contributed by atoms with Gasteiger partial charge in [-0.05, 0) is 87.6 Å². The molecular weight excluding hydrogens is 491 g/mol. The van der Waals surface area contributed by atoms with Crippen LogP contribution in [0, 0.1) is 11.7 Å². The zero-order valence-electron chi connectivity index (χ0n) is 21.2. The maximum atomic E-state index is 14.9. The van der Waals surface area contributed by atoms with Crippen LogP contribution in [-0.4, -0.2) is 31.5 Å². The molecule has 0 radical (unpaired) electrons. The Hall–Kier alpha value is -3.52. The van der Waals surface area contributed by atoms with Gasteiger partial charge in [-0.2, -0.15) is 0 Å². The first-order valence-corrected chi connectivity index (χ1v) is 13.9. The smallest absolute Gasteiger partial charge is 0.258 e. The highest BCUT2D eigenvalue weighted by molar-refractivity contribution is 7.91. The molecule has 0 aromatic heterocycles. The molecule has 1 aliphatic rings. The second kappa shape index (κ2) is 10.5. The summed E-state index contributed by atoms with van der Waals surface area (Å²) in [6.45, 7) is 5.70. The number of rotatable bonds is 8. The topological polar surface area (TPSA) is 83.6 Å². The molecule has 0 atom stereocenters. The molecule has 37 heavy (non-hydrogen) atoms. The number of amides is 2. The fourth-order valence-electron chi connectivity index (χ4n) is 4.15. The average Bonchev–Trinajstić information content (AvgIpc) is 3.64. The van der Waals surface area contributed by atoms with Crippen LogP contribution in [0.1, 0.15) is 49.5 Å². The van der Waals surface area contributed by atoms with Gasteiger partial charge in [-0.15, -0.1) is 0 Å². The number of carbonyl (C=O) groups excluding carboxylic acids is 2. The third-order valence-electron chi connectivity index (χ3n) is 6.18. The lowest BCUT2D eigenvalue weighted by molar-refractivity contribution is -0.115. The number of hydrogen-bond acceptors (Lipinski definition) is 4. The fourth-order valence-corrected chi connectivity index (χ4v) is 5.85. The van der Waals surface area contributed by atoms with Crippen LogP contribution in [0.4, 0.5) is 15.8 Å². The van der Waals surface area contributed by atoms with Crippen molar-refractivity contribution in [3.63, 3.8) is 0 Å². The molecule has 1 N–H and O–H groups in total. The highest BCUT2D eigenvalue weighted by Crippen LogP contribution is 2.32. The number of nitrogens with zero attached hydrogens (tertiary/aromatic N) is 1. The van der Waals surface area contributed by atoms with E-state index in [1.165, 1.54) is 24.3 Å². The SMILES string of the molecule is CC(C)(C)N(C(=O)c1ccc(NC(=O)Cc2ccc(S(=O)(=O)CC3CC3)cc2)c(F)c1)c1ccccc1. The maximum Gasteiger partial charge on any atom is 0.258 e. The number of anilines is 2. The van der Waals surface area contributed by atoms with Crippen molar-refractivity contribution in [2.45, 2.75) is 50.5 Å². The van der Waals surface area contributed by atoms with Crippen LogP contribution in [0.2, 0.25) is 0 Å². The predicted octanol–water partition coefficient (Wildman–Crippen LogP) is 5.64. The summed E-state index contributed by atoms with van der Waals surface area (Å²) in [5, 5.41) is 2.54. The highest BCUT2D eigenvalue weighted by atomic mass is 32.2. The van der Waals surface area contributed by atoms with E-state index in [-0.39, 0.29) is 40.1 Å². The molecular formula is C29H31FN2O4S. The van der Waals surface area contributed by atoms with Crippen LogP contribution in [0.3, 0.4) is 0 Å². The predicted molar refractivity (Wildman–Crippen MR) is 143 cm³/mol. The molecule has 0 aliphatic heterocycles. The maximum absolute atomic E-state index is 14.9. The zero-order chi connectivity index (χ0) is 26.8. The molecule has 0 unspecified atom stereocenters. The molecule has 1 fully saturated rings. The second-order valence-corrected chi connectivity index (χ2v) is 12.5. The van der Waals surface area contributed by atoms with Crippen LogP contribution >= 0.6 is 0 Å². The van der Waals surface area contributed by atoms with Crippen molar-refractivity contribution in [2.75, 3.05) is 16.0 Å². The lowest BCUT2D eigenvalue weighted by Gasteiger charge is -2.36. The highest BCUT2D eigenvalue weighted by Gasteiger charge is 2.30. The normalized spacial score (nSPS) is 13.7. The third-order valence-corrected chi connectivity index (χ3v) is 8.08. The van der Waals surface area contributed by atoms with Gasteiger partial charge >= 0.3 is 0 Å². The van der Waals surface area contributed by atoms with Gasteiger partial charge in [-0.3, -0.25) is 9.59 Å². The van der Waals surface area contributed by atoms with Gasteiger partial charge < -0.3 is 10.2 Å². The van der Waals surface area contributed by atoms with Gasteiger partial charge in [0.1, 0.15) is 5.82 Å². The largest absolute Gasteiger partial charge is 0.323 e. The molecule has 6 nitrogen and oxygen atoms in total. The number of carbonyl (C=O) groups is 2. The summed E-state index contributed by atoms with van der Waals surface area (Å²) in [6, 6.07) is 19.4. The van der Waals surface area contributed by atoms with Gasteiger partial charge in [0.25, 0.3) is 5.91 Å². The van der Waals surface area contributed by atoms with Crippen molar-refractivity contribution in [1.82, 2.24) is 0 Å². The molecule has 0 spiro atoms. The Balaban J connectivity index is 1.43. The number of halogens is 1. The van der Waals surface area contributed by atoms with E-state index in [4.69, 9.17) is 0 Å². The van der Waals surface area contributed by atoms with Crippen LogP contribution in [0.25, 0.3) is 0 Å². The summed E-state index contributed by atoms with van der Waals surface area (Å²) in [6.07, 6.45) is 1.85. The Morgan fingerprint density at radius 1 is 0.973 bits per heavy atom. The molecule has 3 aromatic carbocycles. The average molecular weight is 523 g/mol. The molecule has 0 heterocycles. The van der Waals surface area contributed by atoms with Crippen molar-refractivity contribution in [1.29, 1.82) is 0 Å². The Kier molecular flexibility index (Phi) is 7.50. The van der Waals surface area contributed by atoms with Gasteiger partial charge in [-0.25, -0.2) is 12.8 Å². The number of hydrogen-bond donors (Lipinski definition) is 1. The van der Waals surface area contributed by atoms with E-state index in [0.717, 1.165) is 18.9 Å². The standard InChI is InChI=1S/C29H31FN2O4S/c1-29(2,3)32(23-7-5-4-6-8-23)28(34)22-13-16-26(25(30)18-22)31-27(33)17-20-11-14-24(15-12-20)37(35,36)19-21-9-10-21/h4-8,11-16,18,21H,9-10,17,19H2,1-3H3,(H,31,33). The summed E-state index contributed by atoms with van der Waals surface area (Å²) >= 11 is 0. The van der Waals surface area contributed by atoms with E-state index in [2.05, 4.69) is 5.32 Å². The molecule has 0 bridgehead atoms. The number of sulfone groups is 1. The van der Waals surface area contributed by atoms with Gasteiger partial charge in [-0.1, -0.05) is 30.3 Å². The molecule has 1 aliphatic carbocycles. The fraction of sp³-hybridized carbons (Fsp3) is 0.310. The van der Waals surface area contributed by atoms with Crippen molar-refractivity contribution >= 4 is 33.0 Å². The summed E-state index contributed by atoms with van der Waals surface area (Å²) in [5.41, 5.74) is 0.890. The van der Waals surface area contributed by atoms with E-state index in [0.29, 0.717) is 11.3 Å². The van der Waals surface area contributed by atoms with Crippen LogP contribution in [0.15, 0.2) is 77.7 Å². The minimum Gasteiger partial charge on any atom is -0.323 e. The number of nitrogens with one attached hydrogen (secondary N) is 1. The lowest BCUT2D eigenvalue weighted by atomic mass is 10.0. The number of benzene rings is 3. The Morgan fingerprint density at radius 2 is 1.62 bits per heavy atom. The van der Waals surface area contributed by atoms with Gasteiger partial charge in [0, 0.05) is 16.8 Å². The van der Waals surface area contributed by atoms with Crippen molar-refractivity contribution in [2.24, 2.45) is 5.92 Å². The second-order valence-electron chi connectivity index (χ2n) is 10.4. The molecule has 4 rings (SSSR count). The summed E-state index contributed by atoms with van der Waals surface area (Å²) in [7, 11) is -3.32. The molecule has 194 valence electrons. The monoisotopic (exact) mass is 522 g/mol. The van der Waals surface area contributed by atoms with Crippen molar-refractivity contribution in [3.05, 3.63) is 89.7 Å². The lowest BCUT2D eigenvalue weighted by Crippen LogP contribution is -2.46. The minimum absolute atomic E-state index is 0.0350. The van der Waals surface area contributed by atoms with E-state index in [1.807, 2.05) is 51.1 Å². The zero-order valence-corrected chi connectivity index (χ0v) is 22.0. The third kappa shape index (κ3) is 6.63. The van der Waals surface area contributed by atoms with E-state index >= 15 is 0 Å². The minimum atomic E-state index is -3.32. The summed E-state index contributed by atoms with van der Waals surface area (Å²) < 4.78 is 39.7. The summed E-state index contributed by atoms with van der Waals surface area (Å²) in [5.74, 6) is -1.12. The van der Waals surface area contributed by atoms with Gasteiger partial charge in [0.15, 0.2) is 9.84 Å². The quantitative estimate of drug-likeness (QED) is 0.415. The number of para-hydroxylation sites is 1.